The Hall–Kier alpha value is -2.54. The molecule has 0 saturated heterocycles. The van der Waals surface area contributed by atoms with E-state index in [1.165, 1.54) is 30.3 Å². The third-order valence-corrected chi connectivity index (χ3v) is 2.90. The molecule has 0 atom stereocenters. The normalized spacial score (nSPS) is 13.2. The van der Waals surface area contributed by atoms with E-state index >= 15 is 0 Å². The largest absolute Gasteiger partial charge is 0.504 e. The second-order valence-electron chi connectivity index (χ2n) is 4.30. The number of hydrogen-bond donors (Lipinski definition) is 1. The number of halogens is 4. The van der Waals surface area contributed by atoms with Crippen LogP contribution in [0.5, 0.6) is 0 Å². The van der Waals surface area contributed by atoms with E-state index in [1.54, 1.807) is 6.07 Å². The minimum Gasteiger partial charge on any atom is -0.504 e. The van der Waals surface area contributed by atoms with Crippen molar-refractivity contribution in [2.45, 2.75) is 6.18 Å². The highest BCUT2D eigenvalue weighted by Gasteiger charge is 2.42. The SMILES string of the molecule is O=C(/C(C=Nc1cccc(Cl)c1)=C(\O)c1ccco1)C(F)(F)F. The molecule has 2 aromatic rings. The summed E-state index contributed by atoms with van der Waals surface area (Å²) in [6.07, 6.45) is -3.40. The highest BCUT2D eigenvalue weighted by molar-refractivity contribution is 6.30. The van der Waals surface area contributed by atoms with E-state index in [0.717, 1.165) is 6.26 Å². The summed E-state index contributed by atoms with van der Waals surface area (Å²) in [6, 6.07) is 8.52. The molecule has 1 aromatic carbocycles. The van der Waals surface area contributed by atoms with Crippen LogP contribution in [-0.4, -0.2) is 23.3 Å². The Balaban J connectivity index is 2.46. The Morgan fingerprint density at radius 1 is 1.26 bits per heavy atom. The lowest BCUT2D eigenvalue weighted by Gasteiger charge is -2.07. The summed E-state index contributed by atoms with van der Waals surface area (Å²) in [5.41, 5.74) is -0.815. The van der Waals surface area contributed by atoms with Gasteiger partial charge in [-0.15, -0.1) is 0 Å². The lowest BCUT2D eigenvalue weighted by atomic mass is 10.1. The van der Waals surface area contributed by atoms with Crippen molar-refractivity contribution in [1.29, 1.82) is 0 Å². The van der Waals surface area contributed by atoms with Gasteiger partial charge >= 0.3 is 6.18 Å². The topological polar surface area (TPSA) is 62.8 Å². The van der Waals surface area contributed by atoms with Crippen molar-refractivity contribution < 1.29 is 27.5 Å². The van der Waals surface area contributed by atoms with E-state index in [2.05, 4.69) is 4.99 Å². The highest BCUT2D eigenvalue weighted by Crippen LogP contribution is 2.26. The molecule has 0 bridgehead atoms. The summed E-state index contributed by atoms with van der Waals surface area (Å²) in [6.45, 7) is 0. The molecule has 1 heterocycles. The van der Waals surface area contributed by atoms with Gasteiger partial charge in [-0.1, -0.05) is 17.7 Å². The van der Waals surface area contributed by atoms with E-state index in [9.17, 15) is 23.1 Å². The maximum atomic E-state index is 12.7. The summed E-state index contributed by atoms with van der Waals surface area (Å²) in [4.78, 5) is 15.2. The van der Waals surface area contributed by atoms with Crippen LogP contribution in [0.3, 0.4) is 0 Å². The van der Waals surface area contributed by atoms with E-state index in [4.69, 9.17) is 16.0 Å². The zero-order valence-electron chi connectivity index (χ0n) is 11.3. The molecule has 1 N–H and O–H groups in total. The number of hydrogen-bond acceptors (Lipinski definition) is 4. The molecule has 120 valence electrons. The Morgan fingerprint density at radius 2 is 2.00 bits per heavy atom. The van der Waals surface area contributed by atoms with Crippen LogP contribution in [0.4, 0.5) is 18.9 Å². The van der Waals surface area contributed by atoms with Crippen LogP contribution < -0.4 is 0 Å². The molecular formula is C15H9ClF3NO3. The van der Waals surface area contributed by atoms with Crippen molar-refractivity contribution in [3.05, 3.63) is 59.0 Å². The number of aliphatic hydroxyl groups is 1. The maximum absolute atomic E-state index is 12.7. The summed E-state index contributed by atoms with van der Waals surface area (Å²) in [5, 5.41) is 10.2. The summed E-state index contributed by atoms with van der Waals surface area (Å²) >= 11 is 5.74. The number of allylic oxidation sites excluding steroid dienone is 1. The van der Waals surface area contributed by atoms with Crippen molar-refractivity contribution >= 4 is 35.0 Å². The van der Waals surface area contributed by atoms with Crippen LogP contribution in [0.1, 0.15) is 5.76 Å². The molecule has 0 spiro atoms. The first-order valence-electron chi connectivity index (χ1n) is 6.17. The first-order chi connectivity index (χ1) is 10.8. The Kier molecular flexibility index (Phi) is 4.90. The molecule has 0 unspecified atom stereocenters. The van der Waals surface area contributed by atoms with E-state index in [0.29, 0.717) is 11.2 Å². The molecule has 1 aromatic heterocycles. The molecule has 0 fully saturated rings. The van der Waals surface area contributed by atoms with Gasteiger partial charge in [-0.3, -0.25) is 9.79 Å². The van der Waals surface area contributed by atoms with Crippen LogP contribution in [0.2, 0.25) is 5.02 Å². The van der Waals surface area contributed by atoms with Gasteiger partial charge in [0.1, 0.15) is 0 Å². The smallest absolute Gasteiger partial charge is 0.455 e. The number of carbonyl (C=O) groups excluding carboxylic acids is 1. The average Bonchev–Trinajstić information content (AvgIpc) is 3.00. The number of ketones is 1. The molecule has 4 nitrogen and oxygen atoms in total. The van der Waals surface area contributed by atoms with Gasteiger partial charge in [-0.05, 0) is 30.3 Å². The Morgan fingerprint density at radius 3 is 2.57 bits per heavy atom. The fourth-order valence-corrected chi connectivity index (χ4v) is 1.81. The molecule has 0 radical (unpaired) electrons. The van der Waals surface area contributed by atoms with Crippen molar-refractivity contribution in [1.82, 2.24) is 0 Å². The third kappa shape index (κ3) is 4.23. The zero-order chi connectivity index (χ0) is 17.0. The van der Waals surface area contributed by atoms with Gasteiger partial charge in [0.25, 0.3) is 5.78 Å². The second-order valence-corrected chi connectivity index (χ2v) is 4.74. The fraction of sp³-hybridized carbons (Fsp3) is 0.0667. The second kappa shape index (κ2) is 6.70. The predicted octanol–water partition coefficient (Wildman–Crippen LogP) is 4.74. The Bertz CT molecular complexity index is 765. The number of Topliss-reactive ketones (excluding diaryl/α,β-unsaturated/α-hetero) is 1. The summed E-state index contributed by atoms with van der Waals surface area (Å²) in [5.74, 6) is -3.48. The van der Waals surface area contributed by atoms with Gasteiger partial charge in [0.05, 0.1) is 17.5 Å². The quantitative estimate of drug-likeness (QED) is 0.495. The summed E-state index contributed by atoms with van der Waals surface area (Å²) < 4.78 is 42.8. The van der Waals surface area contributed by atoms with Crippen molar-refractivity contribution in [2.75, 3.05) is 0 Å². The van der Waals surface area contributed by atoms with Gasteiger partial charge in [-0.25, -0.2) is 0 Å². The van der Waals surface area contributed by atoms with Crippen LogP contribution in [0.25, 0.3) is 5.76 Å². The fourth-order valence-electron chi connectivity index (χ4n) is 1.62. The van der Waals surface area contributed by atoms with Crippen LogP contribution in [0, 0.1) is 0 Å². The number of nitrogens with zero attached hydrogens (tertiary/aromatic N) is 1. The third-order valence-electron chi connectivity index (χ3n) is 2.66. The predicted molar refractivity (Wildman–Crippen MR) is 78.9 cm³/mol. The molecule has 0 amide bonds. The van der Waals surface area contributed by atoms with E-state index in [1.807, 2.05) is 0 Å². The number of rotatable bonds is 4. The van der Waals surface area contributed by atoms with Gasteiger partial charge in [-0.2, -0.15) is 13.2 Å². The number of carbonyl (C=O) groups is 1. The lowest BCUT2D eigenvalue weighted by molar-refractivity contribution is -0.165. The van der Waals surface area contributed by atoms with Crippen molar-refractivity contribution in [2.24, 2.45) is 4.99 Å². The zero-order valence-corrected chi connectivity index (χ0v) is 12.1. The van der Waals surface area contributed by atoms with E-state index in [-0.39, 0.29) is 11.4 Å². The monoisotopic (exact) mass is 343 g/mol. The number of aliphatic imine (C=N–C) groups is 1. The van der Waals surface area contributed by atoms with Crippen LogP contribution in [0.15, 0.2) is 57.6 Å². The number of alkyl halides is 3. The number of aliphatic hydroxyl groups excluding tert-OH is 1. The molecule has 0 aliphatic heterocycles. The molecule has 0 aliphatic rings. The molecule has 0 aliphatic carbocycles. The number of furan rings is 1. The summed E-state index contributed by atoms with van der Waals surface area (Å²) in [7, 11) is 0. The minimum atomic E-state index is -5.17. The molecule has 0 saturated carbocycles. The molecular weight excluding hydrogens is 335 g/mol. The van der Waals surface area contributed by atoms with E-state index < -0.39 is 23.3 Å². The average molecular weight is 344 g/mol. The van der Waals surface area contributed by atoms with Gasteiger partial charge in [0.15, 0.2) is 11.5 Å². The van der Waals surface area contributed by atoms with Gasteiger partial charge in [0.2, 0.25) is 0 Å². The maximum Gasteiger partial charge on any atom is 0.455 e. The highest BCUT2D eigenvalue weighted by atomic mass is 35.5. The molecule has 2 rings (SSSR count). The Labute approximate surface area is 133 Å². The first-order valence-corrected chi connectivity index (χ1v) is 6.55. The lowest BCUT2D eigenvalue weighted by Crippen LogP contribution is -2.26. The van der Waals surface area contributed by atoms with Crippen molar-refractivity contribution in [3.63, 3.8) is 0 Å². The van der Waals surface area contributed by atoms with Crippen LogP contribution in [-0.2, 0) is 4.79 Å². The minimum absolute atomic E-state index is 0.220. The van der Waals surface area contributed by atoms with Gasteiger partial charge in [0, 0.05) is 11.2 Å². The first kappa shape index (κ1) is 16.8. The standard InChI is InChI=1S/C15H9ClF3NO3/c16-9-3-1-4-10(7-9)20-8-11(14(22)15(17,18)19)13(21)12-5-2-6-23-12/h1-8,21H/b13-11-,20-8?. The molecule has 23 heavy (non-hydrogen) atoms. The van der Waals surface area contributed by atoms with Crippen molar-refractivity contribution in [3.8, 4) is 0 Å². The number of benzene rings is 1. The van der Waals surface area contributed by atoms with Gasteiger partial charge < -0.3 is 9.52 Å². The molecule has 8 heteroatoms. The van der Waals surface area contributed by atoms with Crippen LogP contribution >= 0.6 is 11.6 Å².